The molecule has 0 fully saturated rings. The third-order valence-corrected chi connectivity index (χ3v) is 11.7. The average molecular weight is 686 g/mol. The number of thioether (sulfide) groups is 2. The van der Waals surface area contributed by atoms with Gasteiger partial charge in [-0.1, -0.05) is 41.9 Å². The van der Waals surface area contributed by atoms with E-state index in [-0.39, 0.29) is 0 Å². The van der Waals surface area contributed by atoms with Crippen LogP contribution in [0.15, 0.2) is 59.5 Å². The number of aromatic nitrogens is 5. The van der Waals surface area contributed by atoms with Gasteiger partial charge in [-0.25, -0.2) is 4.98 Å². The average Bonchev–Trinajstić information content (AvgIpc) is 3.80. The zero-order valence-corrected chi connectivity index (χ0v) is 28.8. The second-order valence-corrected chi connectivity index (χ2v) is 14.8. The van der Waals surface area contributed by atoms with Crippen LogP contribution in [0, 0.1) is 0 Å². The minimum atomic E-state index is -1.63. The molecule has 0 atom stereocenters. The number of ether oxygens (including phenoxy) is 1. The number of nitrogens with zero attached hydrogens (tertiary/aromatic N) is 5. The highest BCUT2D eigenvalue weighted by Crippen LogP contribution is 2.44. The van der Waals surface area contributed by atoms with Crippen molar-refractivity contribution < 1.29 is 14.9 Å². The molecule has 2 N–H and O–H groups in total. The van der Waals surface area contributed by atoms with E-state index >= 15 is 0 Å². The molecule has 11 heteroatoms. The summed E-state index contributed by atoms with van der Waals surface area (Å²) in [4.78, 5) is 6.28. The van der Waals surface area contributed by atoms with Crippen LogP contribution in [0.2, 0.25) is 5.02 Å². The number of rotatable bonds is 1. The van der Waals surface area contributed by atoms with E-state index in [4.69, 9.17) is 26.4 Å². The van der Waals surface area contributed by atoms with Crippen LogP contribution < -0.4 is 4.74 Å². The molecule has 3 aromatic carbocycles. The van der Waals surface area contributed by atoms with Crippen LogP contribution in [0.25, 0.3) is 32.9 Å². The SMILES string of the molecule is Cn1nc2cc1CSc1cc(c3ccccc3c1)OCCCc1c(C(O)O)n(C)c3c(c(Cl)ccc13)-c1c(nc3n1CCC3)CSC2. The number of fused-ring (bicyclic) bond motifs is 10. The number of benzene rings is 3. The Labute approximate surface area is 286 Å². The van der Waals surface area contributed by atoms with Gasteiger partial charge in [-0.3, -0.25) is 4.68 Å². The molecular weight excluding hydrogens is 650 g/mol. The van der Waals surface area contributed by atoms with Crippen LogP contribution >= 0.6 is 35.1 Å². The van der Waals surface area contributed by atoms with Crippen molar-refractivity contribution in [2.45, 2.75) is 60.7 Å². The maximum atomic E-state index is 10.7. The molecule has 242 valence electrons. The van der Waals surface area contributed by atoms with Gasteiger partial charge in [-0.2, -0.15) is 5.10 Å². The fourth-order valence-electron chi connectivity index (χ4n) is 7.27. The standard InChI is InChI=1S/C36H36ClN5O3S2/c1-40-33-27-11-12-28(37)32(33)35-29(38-31-10-5-13-42(31)35)20-46-18-22-16-23(41(2)39-22)19-47-24-15-21-7-3-4-8-25(21)30(17-24)45-14-6-9-26(27)34(40)36(43)44/h3-4,7-8,11-12,15-17,36,43-44H,5-6,9-10,13-14,18-20H2,1-2H3. The molecule has 8 rings (SSSR count). The number of imidazole rings is 1. The summed E-state index contributed by atoms with van der Waals surface area (Å²) in [5.41, 5.74) is 7.44. The number of hydrogen-bond acceptors (Lipinski definition) is 7. The predicted octanol–water partition coefficient (Wildman–Crippen LogP) is 7.56. The molecule has 8 bridgehead atoms. The lowest BCUT2D eigenvalue weighted by atomic mass is 10.0. The third kappa shape index (κ3) is 5.54. The maximum absolute atomic E-state index is 10.7. The van der Waals surface area contributed by atoms with Gasteiger partial charge in [0, 0.05) is 71.2 Å². The number of halogens is 1. The number of hydrogen-bond donors (Lipinski definition) is 2. The lowest BCUT2D eigenvalue weighted by molar-refractivity contribution is -0.0481. The molecule has 5 heterocycles. The Hall–Kier alpha value is -3.41. The van der Waals surface area contributed by atoms with Crippen LogP contribution in [0.3, 0.4) is 0 Å². The van der Waals surface area contributed by atoms with Gasteiger partial charge in [0.25, 0.3) is 0 Å². The maximum Gasteiger partial charge on any atom is 0.194 e. The van der Waals surface area contributed by atoms with Crippen molar-refractivity contribution >= 4 is 56.8 Å². The van der Waals surface area contributed by atoms with E-state index in [2.05, 4.69) is 41.0 Å². The van der Waals surface area contributed by atoms with Crippen molar-refractivity contribution in [2.24, 2.45) is 14.1 Å². The molecule has 47 heavy (non-hydrogen) atoms. The Morgan fingerprint density at radius 1 is 0.957 bits per heavy atom. The number of aryl methyl sites for hydroxylation is 4. The Morgan fingerprint density at radius 3 is 2.70 bits per heavy atom. The lowest BCUT2D eigenvalue weighted by Gasteiger charge is -2.14. The normalized spacial score (nSPS) is 15.6. The summed E-state index contributed by atoms with van der Waals surface area (Å²) in [5, 5.41) is 30.0. The van der Waals surface area contributed by atoms with Gasteiger partial charge in [-0.05, 0) is 54.5 Å². The number of aliphatic hydroxyl groups excluding tert-OH is 1. The largest absolute Gasteiger partial charge is 0.493 e. The summed E-state index contributed by atoms with van der Waals surface area (Å²) in [6, 6.07) is 18.9. The molecule has 2 aliphatic rings. The lowest BCUT2D eigenvalue weighted by Crippen LogP contribution is -2.08. The second kappa shape index (κ2) is 12.6. The highest BCUT2D eigenvalue weighted by atomic mass is 35.5. The Morgan fingerprint density at radius 2 is 1.83 bits per heavy atom. The zero-order chi connectivity index (χ0) is 32.2. The van der Waals surface area contributed by atoms with Crippen molar-refractivity contribution in [1.82, 2.24) is 23.9 Å². The molecule has 0 aliphatic carbocycles. The van der Waals surface area contributed by atoms with Crippen LogP contribution in [0.5, 0.6) is 5.75 Å². The van der Waals surface area contributed by atoms with E-state index in [1.54, 1.807) is 23.5 Å². The molecule has 2 aliphatic heterocycles. The Balaban J connectivity index is 1.26. The highest BCUT2D eigenvalue weighted by molar-refractivity contribution is 7.98. The molecule has 0 saturated carbocycles. The van der Waals surface area contributed by atoms with Crippen molar-refractivity contribution in [3.05, 3.63) is 93.8 Å². The molecule has 0 amide bonds. The predicted molar refractivity (Wildman–Crippen MR) is 190 cm³/mol. The zero-order valence-electron chi connectivity index (χ0n) is 26.4. The minimum absolute atomic E-state index is 0.484. The molecule has 0 unspecified atom stereocenters. The van der Waals surface area contributed by atoms with E-state index < -0.39 is 6.29 Å². The monoisotopic (exact) mass is 685 g/mol. The summed E-state index contributed by atoms with van der Waals surface area (Å²) in [7, 11) is 3.92. The second-order valence-electron chi connectivity index (χ2n) is 12.3. The summed E-state index contributed by atoms with van der Waals surface area (Å²) < 4.78 is 12.7. The van der Waals surface area contributed by atoms with Gasteiger partial charge < -0.3 is 24.1 Å². The first-order chi connectivity index (χ1) is 22.9. The van der Waals surface area contributed by atoms with Gasteiger partial charge in [-0.15, -0.1) is 23.5 Å². The van der Waals surface area contributed by atoms with Gasteiger partial charge in [0.1, 0.15) is 11.6 Å². The van der Waals surface area contributed by atoms with Gasteiger partial charge in [0.05, 0.1) is 39.9 Å². The van der Waals surface area contributed by atoms with E-state index in [1.165, 1.54) is 5.69 Å². The molecule has 0 radical (unpaired) electrons. The first kappa shape index (κ1) is 30.9. The van der Waals surface area contributed by atoms with Crippen LogP contribution in [-0.4, -0.2) is 40.7 Å². The fourth-order valence-corrected chi connectivity index (χ4v) is 9.34. The summed E-state index contributed by atoms with van der Waals surface area (Å²) in [6.07, 6.45) is 1.66. The van der Waals surface area contributed by atoms with Gasteiger partial charge in [0.15, 0.2) is 6.29 Å². The quantitative estimate of drug-likeness (QED) is 0.173. The first-order valence-corrected chi connectivity index (χ1v) is 18.5. The van der Waals surface area contributed by atoms with Crippen LogP contribution in [-0.2, 0) is 50.7 Å². The Bertz CT molecular complexity index is 2150. The highest BCUT2D eigenvalue weighted by Gasteiger charge is 2.29. The van der Waals surface area contributed by atoms with Crippen molar-refractivity contribution in [2.75, 3.05) is 6.61 Å². The molecule has 0 saturated heterocycles. The number of aliphatic hydroxyl groups is 2. The molecule has 0 spiro atoms. The molecular formula is C36H36ClN5O3S2. The van der Waals surface area contributed by atoms with E-state index in [1.807, 2.05) is 41.5 Å². The molecule has 3 aromatic heterocycles. The fraction of sp³-hybridized carbons (Fsp3) is 0.333. The van der Waals surface area contributed by atoms with Gasteiger partial charge >= 0.3 is 0 Å². The van der Waals surface area contributed by atoms with E-state index in [9.17, 15) is 10.2 Å². The summed E-state index contributed by atoms with van der Waals surface area (Å²) >= 11 is 10.7. The molecule has 8 nitrogen and oxygen atoms in total. The van der Waals surface area contributed by atoms with E-state index in [0.717, 1.165) is 97.2 Å². The van der Waals surface area contributed by atoms with Crippen molar-refractivity contribution in [1.29, 1.82) is 0 Å². The third-order valence-electron chi connectivity index (χ3n) is 9.37. The van der Waals surface area contributed by atoms with Gasteiger partial charge in [0.2, 0.25) is 0 Å². The first-order valence-electron chi connectivity index (χ1n) is 16.0. The topological polar surface area (TPSA) is 90.3 Å². The smallest absolute Gasteiger partial charge is 0.194 e. The molecule has 6 aromatic rings. The Kier molecular flexibility index (Phi) is 8.25. The van der Waals surface area contributed by atoms with E-state index in [0.29, 0.717) is 35.9 Å². The van der Waals surface area contributed by atoms with Crippen LogP contribution in [0.4, 0.5) is 0 Å². The summed E-state index contributed by atoms with van der Waals surface area (Å²) in [5.74, 6) is 4.22. The van der Waals surface area contributed by atoms with Crippen molar-refractivity contribution in [3.8, 4) is 17.0 Å². The van der Waals surface area contributed by atoms with Crippen molar-refractivity contribution in [3.63, 3.8) is 0 Å². The minimum Gasteiger partial charge on any atom is -0.493 e. The van der Waals surface area contributed by atoms with Crippen LogP contribution in [0.1, 0.15) is 53.3 Å². The summed E-state index contributed by atoms with van der Waals surface area (Å²) in [6.45, 7) is 1.37.